The van der Waals surface area contributed by atoms with E-state index in [0.29, 0.717) is 22.8 Å². The number of ether oxygens (including phenoxy) is 3. The average molecular weight is 434 g/mol. The monoisotopic (exact) mass is 434 g/mol. The van der Waals surface area contributed by atoms with Crippen molar-refractivity contribution in [2.24, 2.45) is 0 Å². The summed E-state index contributed by atoms with van der Waals surface area (Å²) in [7, 11) is 3.08. The molecule has 32 heavy (non-hydrogen) atoms. The maximum absolute atomic E-state index is 12.9. The second kappa shape index (κ2) is 9.71. The molecular formula is C24H22N2O6. The summed E-state index contributed by atoms with van der Waals surface area (Å²) in [5.41, 5.74) is -0.202. The SMILES string of the molecule is COc1ccc(Cn2c(O)c(C(=O)COc3ccc(OC)cc3)c(C)c(C#N)c2=O)cc1. The van der Waals surface area contributed by atoms with Crippen LogP contribution in [0.5, 0.6) is 23.1 Å². The molecule has 0 radical (unpaired) electrons. The van der Waals surface area contributed by atoms with Gasteiger partial charge >= 0.3 is 0 Å². The van der Waals surface area contributed by atoms with Crippen molar-refractivity contribution in [1.82, 2.24) is 4.57 Å². The molecular weight excluding hydrogens is 412 g/mol. The van der Waals surface area contributed by atoms with E-state index in [0.717, 1.165) is 4.57 Å². The standard InChI is InChI=1S/C24H22N2O6/c1-15-20(12-25)23(28)26(13-16-4-6-17(30-2)7-5-16)24(29)22(15)21(27)14-32-19-10-8-18(31-3)9-11-19/h4-11,29H,13-14H2,1-3H3. The fourth-order valence-electron chi connectivity index (χ4n) is 3.24. The van der Waals surface area contributed by atoms with Crippen LogP contribution in [-0.4, -0.2) is 36.3 Å². The second-order valence-corrected chi connectivity index (χ2v) is 6.94. The number of benzene rings is 2. The molecule has 8 nitrogen and oxygen atoms in total. The molecule has 0 atom stereocenters. The van der Waals surface area contributed by atoms with Crippen molar-refractivity contribution >= 4 is 5.78 Å². The number of methoxy groups -OCH3 is 2. The Hall–Kier alpha value is -4.25. The van der Waals surface area contributed by atoms with E-state index >= 15 is 0 Å². The van der Waals surface area contributed by atoms with Crippen LogP contribution in [0.25, 0.3) is 0 Å². The Morgan fingerprint density at radius 1 is 1.00 bits per heavy atom. The van der Waals surface area contributed by atoms with Crippen molar-refractivity contribution in [1.29, 1.82) is 5.26 Å². The molecule has 0 amide bonds. The number of carbonyl (C=O) groups is 1. The largest absolute Gasteiger partial charge is 0.497 e. The zero-order valence-corrected chi connectivity index (χ0v) is 17.9. The number of rotatable bonds is 8. The summed E-state index contributed by atoms with van der Waals surface area (Å²) in [6.07, 6.45) is 0. The highest BCUT2D eigenvalue weighted by Crippen LogP contribution is 2.24. The third-order valence-electron chi connectivity index (χ3n) is 5.01. The smallest absolute Gasteiger partial charge is 0.271 e. The molecule has 164 valence electrons. The lowest BCUT2D eigenvalue weighted by atomic mass is 10.0. The lowest BCUT2D eigenvalue weighted by molar-refractivity contribution is 0.0916. The number of nitriles is 1. The Bertz CT molecular complexity index is 1220. The van der Waals surface area contributed by atoms with E-state index in [1.807, 2.05) is 6.07 Å². The van der Waals surface area contributed by atoms with Crippen LogP contribution in [0.1, 0.15) is 27.0 Å². The maximum Gasteiger partial charge on any atom is 0.271 e. The maximum atomic E-state index is 12.9. The number of hydrogen-bond acceptors (Lipinski definition) is 7. The van der Waals surface area contributed by atoms with Gasteiger partial charge < -0.3 is 19.3 Å². The minimum absolute atomic E-state index is 0.0246. The van der Waals surface area contributed by atoms with Crippen LogP contribution in [0.2, 0.25) is 0 Å². The first-order chi connectivity index (χ1) is 15.4. The molecule has 0 bridgehead atoms. The van der Waals surface area contributed by atoms with E-state index in [4.69, 9.17) is 14.2 Å². The number of aromatic hydroxyl groups is 1. The molecule has 0 aliphatic heterocycles. The van der Waals surface area contributed by atoms with Gasteiger partial charge in [-0.25, -0.2) is 0 Å². The third-order valence-corrected chi connectivity index (χ3v) is 5.01. The second-order valence-electron chi connectivity index (χ2n) is 6.94. The average Bonchev–Trinajstić information content (AvgIpc) is 2.81. The highest BCUT2D eigenvalue weighted by Gasteiger charge is 2.24. The topological polar surface area (TPSA) is 111 Å². The first-order valence-corrected chi connectivity index (χ1v) is 9.69. The Labute approximate surface area is 184 Å². The Kier molecular flexibility index (Phi) is 6.80. The number of pyridine rings is 1. The van der Waals surface area contributed by atoms with E-state index in [1.165, 1.54) is 14.0 Å². The van der Waals surface area contributed by atoms with E-state index in [2.05, 4.69) is 0 Å². The summed E-state index contributed by atoms with van der Waals surface area (Å²) in [6.45, 7) is 1.05. The van der Waals surface area contributed by atoms with E-state index in [9.17, 15) is 20.0 Å². The lowest BCUT2D eigenvalue weighted by Gasteiger charge is -2.16. The van der Waals surface area contributed by atoms with E-state index in [-0.39, 0.29) is 29.8 Å². The van der Waals surface area contributed by atoms with Gasteiger partial charge in [0.1, 0.15) is 28.9 Å². The minimum Gasteiger partial charge on any atom is -0.497 e. The van der Waals surface area contributed by atoms with Gasteiger partial charge in [0.15, 0.2) is 6.61 Å². The van der Waals surface area contributed by atoms with Crippen LogP contribution >= 0.6 is 0 Å². The number of Topliss-reactive ketones (excluding diaryl/α,β-unsaturated/α-hetero) is 1. The van der Waals surface area contributed by atoms with Crippen LogP contribution in [0.3, 0.4) is 0 Å². The highest BCUT2D eigenvalue weighted by atomic mass is 16.5. The number of ketones is 1. The zero-order chi connectivity index (χ0) is 23.3. The first-order valence-electron chi connectivity index (χ1n) is 9.69. The highest BCUT2D eigenvalue weighted by molar-refractivity contribution is 6.01. The summed E-state index contributed by atoms with van der Waals surface area (Å²) < 4.78 is 16.7. The summed E-state index contributed by atoms with van der Waals surface area (Å²) >= 11 is 0. The number of hydrogen-bond donors (Lipinski definition) is 1. The van der Waals surface area contributed by atoms with Gasteiger partial charge in [0.25, 0.3) is 5.56 Å². The Balaban J connectivity index is 1.93. The van der Waals surface area contributed by atoms with Gasteiger partial charge in [0.05, 0.1) is 26.3 Å². The van der Waals surface area contributed by atoms with Crippen molar-refractivity contribution < 1.29 is 24.1 Å². The molecule has 0 saturated heterocycles. The summed E-state index contributed by atoms with van der Waals surface area (Å²) in [4.78, 5) is 25.7. The van der Waals surface area contributed by atoms with Crippen molar-refractivity contribution in [3.05, 3.63) is 81.1 Å². The molecule has 1 N–H and O–H groups in total. The summed E-state index contributed by atoms with van der Waals surface area (Å²) in [5, 5.41) is 20.3. The fraction of sp³-hybridized carbons (Fsp3) is 0.208. The minimum atomic E-state index is -0.675. The van der Waals surface area contributed by atoms with Gasteiger partial charge in [-0.1, -0.05) is 12.1 Å². The molecule has 8 heteroatoms. The molecule has 1 heterocycles. The van der Waals surface area contributed by atoms with E-state index in [1.54, 1.807) is 55.6 Å². The van der Waals surface area contributed by atoms with Gasteiger partial charge in [-0.15, -0.1) is 0 Å². The van der Waals surface area contributed by atoms with E-state index < -0.39 is 17.2 Å². The van der Waals surface area contributed by atoms with Gasteiger partial charge in [0.2, 0.25) is 11.7 Å². The molecule has 0 aliphatic carbocycles. The Morgan fingerprint density at radius 3 is 2.06 bits per heavy atom. The van der Waals surface area contributed by atoms with Crippen molar-refractivity contribution in [3.8, 4) is 29.2 Å². The summed E-state index contributed by atoms with van der Waals surface area (Å²) in [5.74, 6) is 0.643. The van der Waals surface area contributed by atoms with Crippen LogP contribution in [0.15, 0.2) is 53.3 Å². The number of aromatic nitrogens is 1. The predicted octanol–water partition coefficient (Wildman–Crippen LogP) is 3.06. The fourth-order valence-corrected chi connectivity index (χ4v) is 3.24. The molecule has 0 fully saturated rings. The molecule has 3 rings (SSSR count). The van der Waals surface area contributed by atoms with Gasteiger partial charge in [-0.3, -0.25) is 14.2 Å². The molecule has 1 aromatic heterocycles. The lowest BCUT2D eigenvalue weighted by Crippen LogP contribution is -2.28. The quantitative estimate of drug-likeness (QED) is 0.543. The predicted molar refractivity (Wildman–Crippen MR) is 117 cm³/mol. The molecule has 2 aromatic carbocycles. The van der Waals surface area contributed by atoms with Crippen LogP contribution in [0.4, 0.5) is 0 Å². The molecule has 0 unspecified atom stereocenters. The Morgan fingerprint density at radius 2 is 1.53 bits per heavy atom. The first kappa shape index (κ1) is 22.4. The van der Waals surface area contributed by atoms with Crippen LogP contribution < -0.4 is 19.8 Å². The number of carbonyl (C=O) groups excluding carboxylic acids is 1. The molecule has 0 aliphatic rings. The van der Waals surface area contributed by atoms with Crippen LogP contribution in [-0.2, 0) is 6.54 Å². The normalized spacial score (nSPS) is 10.3. The van der Waals surface area contributed by atoms with Gasteiger partial charge in [0, 0.05) is 0 Å². The molecule has 3 aromatic rings. The molecule has 0 saturated carbocycles. The van der Waals surface area contributed by atoms with Crippen LogP contribution in [0, 0.1) is 18.3 Å². The molecule has 0 spiro atoms. The third kappa shape index (κ3) is 4.57. The van der Waals surface area contributed by atoms with Gasteiger partial charge in [-0.05, 0) is 54.4 Å². The summed E-state index contributed by atoms with van der Waals surface area (Å²) in [6, 6.07) is 15.4. The van der Waals surface area contributed by atoms with Crippen molar-refractivity contribution in [3.63, 3.8) is 0 Å². The van der Waals surface area contributed by atoms with Crippen molar-refractivity contribution in [2.75, 3.05) is 20.8 Å². The number of nitrogens with zero attached hydrogens (tertiary/aromatic N) is 2. The van der Waals surface area contributed by atoms with Gasteiger partial charge in [-0.2, -0.15) is 5.26 Å². The van der Waals surface area contributed by atoms with Crippen molar-refractivity contribution in [2.45, 2.75) is 13.5 Å². The zero-order valence-electron chi connectivity index (χ0n) is 17.9.